The SMILES string of the molecule is CN(CCc1cccs1)c1nnc(Cl)c2ccccc12. The van der Waals surface area contributed by atoms with Crippen LogP contribution >= 0.6 is 22.9 Å². The van der Waals surface area contributed by atoms with Gasteiger partial charge in [-0.3, -0.25) is 0 Å². The normalized spacial score (nSPS) is 10.9. The van der Waals surface area contributed by atoms with Crippen molar-refractivity contribution in [3.63, 3.8) is 0 Å². The van der Waals surface area contributed by atoms with Crippen LogP contribution in [0.4, 0.5) is 5.82 Å². The molecule has 0 amide bonds. The topological polar surface area (TPSA) is 29.0 Å². The number of thiophene rings is 1. The van der Waals surface area contributed by atoms with Crippen molar-refractivity contribution in [3.8, 4) is 0 Å². The Labute approximate surface area is 126 Å². The molecule has 2 heterocycles. The van der Waals surface area contributed by atoms with E-state index in [0.29, 0.717) is 5.15 Å². The van der Waals surface area contributed by atoms with Crippen LogP contribution in [0.5, 0.6) is 0 Å². The average molecular weight is 304 g/mol. The third kappa shape index (κ3) is 2.62. The highest BCUT2D eigenvalue weighted by Crippen LogP contribution is 2.27. The number of hydrogen-bond donors (Lipinski definition) is 0. The molecule has 5 heteroatoms. The molecule has 3 nitrogen and oxygen atoms in total. The Balaban J connectivity index is 1.88. The number of rotatable bonds is 4. The van der Waals surface area contributed by atoms with Crippen molar-refractivity contribution >= 4 is 39.5 Å². The van der Waals surface area contributed by atoms with Crippen LogP contribution in [0.3, 0.4) is 0 Å². The largest absolute Gasteiger partial charge is 0.357 e. The maximum Gasteiger partial charge on any atom is 0.159 e. The van der Waals surface area contributed by atoms with E-state index in [-0.39, 0.29) is 0 Å². The minimum atomic E-state index is 0.455. The minimum Gasteiger partial charge on any atom is -0.357 e. The van der Waals surface area contributed by atoms with Crippen molar-refractivity contribution < 1.29 is 0 Å². The number of aromatic nitrogens is 2. The number of nitrogens with zero attached hydrogens (tertiary/aromatic N) is 3. The first-order chi connectivity index (χ1) is 9.75. The van der Waals surface area contributed by atoms with Gasteiger partial charge in [0.25, 0.3) is 0 Å². The van der Waals surface area contributed by atoms with Crippen LogP contribution in [0.25, 0.3) is 10.8 Å². The van der Waals surface area contributed by atoms with E-state index in [9.17, 15) is 0 Å². The summed E-state index contributed by atoms with van der Waals surface area (Å²) in [4.78, 5) is 3.51. The van der Waals surface area contributed by atoms with Crippen LogP contribution in [0.2, 0.25) is 5.15 Å². The average Bonchev–Trinajstić information content (AvgIpc) is 2.99. The number of hydrogen-bond acceptors (Lipinski definition) is 4. The summed E-state index contributed by atoms with van der Waals surface area (Å²) < 4.78 is 0. The summed E-state index contributed by atoms with van der Waals surface area (Å²) in [5, 5.41) is 12.9. The first-order valence-electron chi connectivity index (χ1n) is 6.40. The fourth-order valence-corrected chi connectivity index (χ4v) is 3.08. The lowest BCUT2D eigenvalue weighted by Gasteiger charge is -2.19. The van der Waals surface area contributed by atoms with Crippen LogP contribution < -0.4 is 4.90 Å². The second-order valence-electron chi connectivity index (χ2n) is 4.61. The molecule has 0 aliphatic carbocycles. The van der Waals surface area contributed by atoms with Crippen molar-refractivity contribution in [3.05, 3.63) is 51.8 Å². The first-order valence-corrected chi connectivity index (χ1v) is 7.66. The Hall–Kier alpha value is -1.65. The van der Waals surface area contributed by atoms with Crippen molar-refractivity contribution in [2.45, 2.75) is 6.42 Å². The molecule has 0 unspecified atom stereocenters. The first kappa shape index (κ1) is 13.3. The molecule has 0 saturated heterocycles. The van der Waals surface area contributed by atoms with Crippen LogP contribution in [0.15, 0.2) is 41.8 Å². The Bertz CT molecular complexity index is 712. The molecule has 0 fully saturated rings. The fourth-order valence-electron chi connectivity index (χ4n) is 2.18. The molecule has 1 aromatic carbocycles. The molecule has 20 heavy (non-hydrogen) atoms. The van der Waals surface area contributed by atoms with Gasteiger partial charge in [-0.25, -0.2) is 0 Å². The smallest absolute Gasteiger partial charge is 0.159 e. The minimum absolute atomic E-state index is 0.455. The van der Waals surface area contributed by atoms with Gasteiger partial charge in [-0.15, -0.1) is 21.5 Å². The molecule has 0 atom stereocenters. The molecular formula is C15H14ClN3S. The maximum atomic E-state index is 6.10. The third-order valence-corrected chi connectivity index (χ3v) is 4.47. The predicted molar refractivity (Wildman–Crippen MR) is 85.8 cm³/mol. The number of fused-ring (bicyclic) bond motifs is 1. The van der Waals surface area contributed by atoms with Gasteiger partial charge in [0.1, 0.15) is 0 Å². The fraction of sp³-hybridized carbons (Fsp3) is 0.200. The molecule has 0 spiro atoms. The van der Waals surface area contributed by atoms with Crippen molar-refractivity contribution in [1.82, 2.24) is 10.2 Å². The molecule has 3 aromatic rings. The number of halogens is 1. The van der Waals surface area contributed by atoms with E-state index in [1.54, 1.807) is 11.3 Å². The maximum absolute atomic E-state index is 6.10. The number of likely N-dealkylation sites (N-methyl/N-ethyl adjacent to an activating group) is 1. The zero-order valence-corrected chi connectivity index (χ0v) is 12.7. The predicted octanol–water partition coefficient (Wildman–Crippen LogP) is 4.02. The zero-order valence-electron chi connectivity index (χ0n) is 11.1. The molecule has 0 aliphatic rings. The lowest BCUT2D eigenvalue weighted by atomic mass is 10.2. The Morgan fingerprint density at radius 3 is 2.65 bits per heavy atom. The molecule has 0 saturated carbocycles. The summed E-state index contributed by atoms with van der Waals surface area (Å²) in [6.45, 7) is 0.904. The molecule has 0 radical (unpaired) electrons. The number of anilines is 1. The standard InChI is InChI=1S/C15H14ClN3S/c1-19(9-8-11-5-4-10-20-11)15-13-7-3-2-6-12(13)14(16)17-18-15/h2-7,10H,8-9H2,1H3. The van der Waals surface area contributed by atoms with E-state index in [2.05, 4.69) is 32.6 Å². The lowest BCUT2D eigenvalue weighted by Crippen LogP contribution is -2.21. The monoisotopic (exact) mass is 303 g/mol. The summed E-state index contributed by atoms with van der Waals surface area (Å²) in [6.07, 6.45) is 1.01. The van der Waals surface area contributed by atoms with Gasteiger partial charge in [0.2, 0.25) is 0 Å². The van der Waals surface area contributed by atoms with Crippen LogP contribution in [-0.2, 0) is 6.42 Å². The van der Waals surface area contributed by atoms with E-state index >= 15 is 0 Å². The van der Waals surface area contributed by atoms with Gasteiger partial charge in [0, 0.05) is 29.2 Å². The molecule has 0 bridgehead atoms. The zero-order chi connectivity index (χ0) is 13.9. The summed E-state index contributed by atoms with van der Waals surface area (Å²) >= 11 is 7.88. The van der Waals surface area contributed by atoms with Gasteiger partial charge in [-0.05, 0) is 17.9 Å². The van der Waals surface area contributed by atoms with E-state index in [4.69, 9.17) is 11.6 Å². The molecular weight excluding hydrogens is 290 g/mol. The quantitative estimate of drug-likeness (QED) is 0.729. The molecule has 0 N–H and O–H groups in total. The Morgan fingerprint density at radius 2 is 1.90 bits per heavy atom. The lowest BCUT2D eigenvalue weighted by molar-refractivity contribution is 0.854. The molecule has 3 rings (SSSR count). The summed E-state index contributed by atoms with van der Waals surface area (Å²) in [5.74, 6) is 0.876. The summed E-state index contributed by atoms with van der Waals surface area (Å²) in [6, 6.07) is 12.2. The van der Waals surface area contributed by atoms with E-state index in [1.165, 1.54) is 4.88 Å². The van der Waals surface area contributed by atoms with Crippen LogP contribution in [0, 0.1) is 0 Å². The van der Waals surface area contributed by atoms with Gasteiger partial charge in [-0.2, -0.15) is 0 Å². The van der Waals surface area contributed by atoms with Gasteiger partial charge in [-0.1, -0.05) is 41.9 Å². The van der Waals surface area contributed by atoms with Gasteiger partial charge >= 0.3 is 0 Å². The Kier molecular flexibility index (Phi) is 3.85. The van der Waals surface area contributed by atoms with Crippen molar-refractivity contribution in [2.24, 2.45) is 0 Å². The summed E-state index contributed by atoms with van der Waals surface area (Å²) in [5.41, 5.74) is 0. The van der Waals surface area contributed by atoms with E-state index < -0.39 is 0 Å². The highest BCUT2D eigenvalue weighted by atomic mass is 35.5. The van der Waals surface area contributed by atoms with Gasteiger partial charge < -0.3 is 4.90 Å². The molecule has 0 aliphatic heterocycles. The highest BCUT2D eigenvalue weighted by molar-refractivity contribution is 7.09. The highest BCUT2D eigenvalue weighted by Gasteiger charge is 2.11. The van der Waals surface area contributed by atoms with E-state index in [1.807, 2.05) is 31.3 Å². The van der Waals surface area contributed by atoms with Crippen LogP contribution in [-0.4, -0.2) is 23.8 Å². The van der Waals surface area contributed by atoms with Gasteiger partial charge in [0.05, 0.1) is 0 Å². The second kappa shape index (κ2) is 5.77. The Morgan fingerprint density at radius 1 is 1.10 bits per heavy atom. The van der Waals surface area contributed by atoms with Crippen LogP contribution in [0.1, 0.15) is 4.88 Å². The second-order valence-corrected chi connectivity index (χ2v) is 6.00. The van der Waals surface area contributed by atoms with Crippen molar-refractivity contribution in [1.29, 1.82) is 0 Å². The summed E-state index contributed by atoms with van der Waals surface area (Å²) in [7, 11) is 2.04. The third-order valence-electron chi connectivity index (χ3n) is 3.26. The van der Waals surface area contributed by atoms with Crippen molar-refractivity contribution in [2.75, 3.05) is 18.5 Å². The molecule has 102 valence electrons. The molecule has 2 aromatic heterocycles. The van der Waals surface area contributed by atoms with Gasteiger partial charge in [0.15, 0.2) is 11.0 Å². The number of benzene rings is 1. The van der Waals surface area contributed by atoms with E-state index in [0.717, 1.165) is 29.6 Å².